The molecule has 0 saturated heterocycles. The van der Waals surface area contributed by atoms with E-state index in [4.69, 9.17) is 14.6 Å². The number of benzene rings is 2. The van der Waals surface area contributed by atoms with Crippen molar-refractivity contribution in [3.05, 3.63) is 59.7 Å². The number of amides is 2. The van der Waals surface area contributed by atoms with Gasteiger partial charge in [-0.15, -0.1) is 0 Å². The summed E-state index contributed by atoms with van der Waals surface area (Å²) >= 11 is 0. The van der Waals surface area contributed by atoms with Gasteiger partial charge < -0.3 is 25.2 Å². The SMILES string of the molecule is COC(CCNC(=O)[C@H](CC1CC1)NC(=O)OCC1c2ccccc2-c2ccccc21)C(=O)O. The van der Waals surface area contributed by atoms with E-state index < -0.39 is 24.2 Å². The van der Waals surface area contributed by atoms with Gasteiger partial charge in [0.2, 0.25) is 5.91 Å². The lowest BCUT2D eigenvalue weighted by Gasteiger charge is -2.20. The molecular formula is C26H30N2O6. The number of hydrogen-bond acceptors (Lipinski definition) is 5. The Balaban J connectivity index is 1.34. The van der Waals surface area contributed by atoms with Crippen molar-refractivity contribution in [1.82, 2.24) is 10.6 Å². The van der Waals surface area contributed by atoms with Gasteiger partial charge >= 0.3 is 12.1 Å². The molecule has 1 fully saturated rings. The first kappa shape index (κ1) is 23.8. The molecular weight excluding hydrogens is 436 g/mol. The average Bonchev–Trinajstić information content (AvgIpc) is 3.60. The van der Waals surface area contributed by atoms with Crippen LogP contribution in [-0.2, 0) is 19.1 Å². The number of hydrogen-bond donors (Lipinski definition) is 3. The van der Waals surface area contributed by atoms with Crippen LogP contribution in [0.5, 0.6) is 0 Å². The number of carboxylic acid groups (broad SMARTS) is 1. The minimum Gasteiger partial charge on any atom is -0.479 e. The molecule has 2 aromatic rings. The predicted molar refractivity (Wildman–Crippen MR) is 125 cm³/mol. The van der Waals surface area contributed by atoms with Crippen molar-refractivity contribution >= 4 is 18.0 Å². The van der Waals surface area contributed by atoms with Gasteiger partial charge in [-0.25, -0.2) is 9.59 Å². The van der Waals surface area contributed by atoms with Crippen LogP contribution in [0.4, 0.5) is 4.79 Å². The molecule has 0 heterocycles. The fourth-order valence-corrected chi connectivity index (χ4v) is 4.49. The molecule has 8 nitrogen and oxygen atoms in total. The number of rotatable bonds is 11. The Morgan fingerprint density at radius 3 is 2.21 bits per heavy atom. The molecule has 3 N–H and O–H groups in total. The molecule has 0 radical (unpaired) electrons. The smallest absolute Gasteiger partial charge is 0.407 e. The van der Waals surface area contributed by atoms with Crippen molar-refractivity contribution in [3.8, 4) is 11.1 Å². The minimum absolute atomic E-state index is 0.0594. The fourth-order valence-electron chi connectivity index (χ4n) is 4.49. The second-order valence-electron chi connectivity index (χ2n) is 8.84. The molecule has 180 valence electrons. The van der Waals surface area contributed by atoms with E-state index in [1.54, 1.807) is 0 Å². The van der Waals surface area contributed by atoms with E-state index in [1.165, 1.54) is 7.11 Å². The molecule has 1 unspecified atom stereocenters. The third-order valence-electron chi connectivity index (χ3n) is 6.48. The van der Waals surface area contributed by atoms with Crippen molar-refractivity contribution < 1.29 is 29.0 Å². The molecule has 2 amide bonds. The average molecular weight is 467 g/mol. The number of carbonyl (C=O) groups excluding carboxylic acids is 2. The van der Waals surface area contributed by atoms with Gasteiger partial charge in [-0.3, -0.25) is 4.79 Å². The highest BCUT2D eigenvalue weighted by Gasteiger charge is 2.32. The van der Waals surface area contributed by atoms with Crippen molar-refractivity contribution in [2.45, 2.75) is 43.7 Å². The highest BCUT2D eigenvalue weighted by molar-refractivity contribution is 5.86. The third-order valence-corrected chi connectivity index (χ3v) is 6.48. The first-order valence-electron chi connectivity index (χ1n) is 11.6. The highest BCUT2D eigenvalue weighted by atomic mass is 16.5. The van der Waals surface area contributed by atoms with Gasteiger partial charge in [0.05, 0.1) is 0 Å². The van der Waals surface area contributed by atoms with Crippen LogP contribution >= 0.6 is 0 Å². The molecule has 34 heavy (non-hydrogen) atoms. The number of carboxylic acids is 1. The second-order valence-corrected chi connectivity index (χ2v) is 8.84. The molecule has 2 atom stereocenters. The number of carbonyl (C=O) groups is 3. The van der Waals surface area contributed by atoms with Crippen LogP contribution in [0.2, 0.25) is 0 Å². The fraction of sp³-hybridized carbons (Fsp3) is 0.423. The van der Waals surface area contributed by atoms with Crippen LogP contribution in [-0.4, -0.2) is 55.5 Å². The Hall–Kier alpha value is -3.39. The van der Waals surface area contributed by atoms with Crippen LogP contribution in [0.1, 0.15) is 42.7 Å². The van der Waals surface area contributed by atoms with Crippen LogP contribution in [0.25, 0.3) is 11.1 Å². The van der Waals surface area contributed by atoms with Crippen molar-refractivity contribution in [2.75, 3.05) is 20.3 Å². The lowest BCUT2D eigenvalue weighted by atomic mass is 9.98. The normalized spacial score (nSPS) is 16.1. The van der Waals surface area contributed by atoms with Gasteiger partial charge in [0.1, 0.15) is 12.6 Å². The molecule has 2 aliphatic rings. The van der Waals surface area contributed by atoms with E-state index in [1.807, 2.05) is 24.3 Å². The lowest BCUT2D eigenvalue weighted by molar-refractivity contribution is -0.149. The number of nitrogens with one attached hydrogen (secondary N) is 2. The minimum atomic E-state index is -1.08. The largest absolute Gasteiger partial charge is 0.479 e. The zero-order valence-corrected chi connectivity index (χ0v) is 19.2. The third kappa shape index (κ3) is 5.56. The summed E-state index contributed by atoms with van der Waals surface area (Å²) in [5.41, 5.74) is 4.53. The van der Waals surface area contributed by atoms with Crippen LogP contribution in [0, 0.1) is 5.92 Å². The molecule has 0 bridgehead atoms. The summed E-state index contributed by atoms with van der Waals surface area (Å²) in [5, 5.41) is 14.5. The monoisotopic (exact) mass is 466 g/mol. The zero-order chi connectivity index (χ0) is 24.1. The maximum Gasteiger partial charge on any atom is 0.407 e. The van der Waals surface area contributed by atoms with E-state index in [9.17, 15) is 14.4 Å². The quantitative estimate of drug-likeness (QED) is 0.468. The maximum absolute atomic E-state index is 12.7. The lowest BCUT2D eigenvalue weighted by Crippen LogP contribution is -2.48. The molecule has 1 saturated carbocycles. The van der Waals surface area contributed by atoms with Crippen molar-refractivity contribution in [2.24, 2.45) is 5.92 Å². The van der Waals surface area contributed by atoms with Gasteiger partial charge in [-0.05, 0) is 34.6 Å². The summed E-state index contributed by atoms with van der Waals surface area (Å²) < 4.78 is 10.5. The van der Waals surface area contributed by atoms with Crippen LogP contribution in [0.15, 0.2) is 48.5 Å². The first-order chi connectivity index (χ1) is 16.5. The Kier molecular flexibility index (Phi) is 7.47. The molecule has 2 aromatic carbocycles. The number of fused-ring (bicyclic) bond motifs is 3. The number of alkyl carbamates (subject to hydrolysis) is 1. The predicted octanol–water partition coefficient (Wildman–Crippen LogP) is 3.30. The van der Waals surface area contributed by atoms with E-state index >= 15 is 0 Å². The summed E-state index contributed by atoms with van der Waals surface area (Å²) in [6.45, 7) is 0.308. The van der Waals surface area contributed by atoms with E-state index in [0.29, 0.717) is 12.3 Å². The summed E-state index contributed by atoms with van der Waals surface area (Å²) in [6, 6.07) is 15.5. The topological polar surface area (TPSA) is 114 Å². The van der Waals surface area contributed by atoms with Gasteiger partial charge in [0.25, 0.3) is 0 Å². The molecule has 0 spiro atoms. The Morgan fingerprint density at radius 2 is 1.65 bits per heavy atom. The molecule has 0 aliphatic heterocycles. The first-order valence-corrected chi connectivity index (χ1v) is 11.6. The number of aliphatic carboxylic acids is 1. The van der Waals surface area contributed by atoms with E-state index in [-0.39, 0.29) is 31.4 Å². The van der Waals surface area contributed by atoms with Gasteiger partial charge in [0.15, 0.2) is 6.10 Å². The van der Waals surface area contributed by atoms with Crippen LogP contribution in [0.3, 0.4) is 0 Å². The summed E-state index contributed by atoms with van der Waals surface area (Å²) in [4.78, 5) is 36.4. The number of methoxy groups -OCH3 is 1. The van der Waals surface area contributed by atoms with Crippen LogP contribution < -0.4 is 10.6 Å². The Bertz CT molecular complexity index is 1010. The Labute approximate surface area is 198 Å². The summed E-state index contributed by atoms with van der Waals surface area (Å²) in [5.74, 6) is -1.09. The van der Waals surface area contributed by atoms with E-state index in [0.717, 1.165) is 35.1 Å². The highest BCUT2D eigenvalue weighted by Crippen LogP contribution is 2.44. The standard InChI is InChI=1S/C26H30N2O6/c1-33-23(25(30)31)12-13-27-24(29)22(14-16-10-11-16)28-26(32)34-15-21-19-8-4-2-6-17(19)18-7-3-5-9-20(18)21/h2-9,16,21-23H,10-15H2,1H3,(H,27,29)(H,28,32)(H,30,31)/t22-,23?/m0/s1. The zero-order valence-electron chi connectivity index (χ0n) is 19.2. The molecule has 0 aromatic heterocycles. The van der Waals surface area contributed by atoms with Gasteiger partial charge in [-0.1, -0.05) is 61.4 Å². The Morgan fingerprint density at radius 1 is 1.03 bits per heavy atom. The number of ether oxygens (including phenoxy) is 2. The molecule has 8 heteroatoms. The molecule has 4 rings (SSSR count). The van der Waals surface area contributed by atoms with E-state index in [2.05, 4.69) is 34.9 Å². The van der Waals surface area contributed by atoms with Gasteiger partial charge in [0, 0.05) is 26.0 Å². The maximum atomic E-state index is 12.7. The molecule has 2 aliphatic carbocycles. The van der Waals surface area contributed by atoms with Gasteiger partial charge in [-0.2, -0.15) is 0 Å². The summed E-state index contributed by atoms with van der Waals surface area (Å²) in [7, 11) is 1.31. The van der Waals surface area contributed by atoms with Crippen molar-refractivity contribution in [3.63, 3.8) is 0 Å². The second kappa shape index (κ2) is 10.7. The van der Waals surface area contributed by atoms with Crippen molar-refractivity contribution in [1.29, 1.82) is 0 Å². The summed E-state index contributed by atoms with van der Waals surface area (Å²) in [6.07, 6.45) is 1.10.